The van der Waals surface area contributed by atoms with Crippen LogP contribution in [-0.4, -0.2) is 22.8 Å². The van der Waals surface area contributed by atoms with E-state index in [-0.39, 0.29) is 18.1 Å². The van der Waals surface area contributed by atoms with Crippen molar-refractivity contribution in [3.8, 4) is 0 Å². The Morgan fingerprint density at radius 3 is 2.59 bits per heavy atom. The first-order valence-corrected chi connectivity index (χ1v) is 6.30. The largest absolute Gasteiger partial charge is 0.370 e. The molecule has 5 heteroatoms. The maximum atomic E-state index is 5.81. The predicted molar refractivity (Wildman–Crippen MR) is 65.6 cm³/mol. The summed E-state index contributed by atoms with van der Waals surface area (Å²) in [5.41, 5.74) is 5.81. The van der Waals surface area contributed by atoms with Crippen molar-refractivity contribution < 1.29 is 9.26 Å². The molecule has 0 aliphatic rings. The third-order valence-corrected chi connectivity index (χ3v) is 2.84. The fraction of sp³-hybridized carbons (Fsp3) is 0.833. The second-order valence-electron chi connectivity index (χ2n) is 4.37. The quantitative estimate of drug-likeness (QED) is 0.793. The minimum atomic E-state index is -0.0669. The fourth-order valence-electron chi connectivity index (χ4n) is 1.54. The van der Waals surface area contributed by atoms with Gasteiger partial charge in [0.05, 0.1) is 5.92 Å². The van der Waals surface area contributed by atoms with E-state index in [4.69, 9.17) is 15.0 Å². The molecule has 0 saturated carbocycles. The van der Waals surface area contributed by atoms with E-state index < -0.39 is 0 Å². The molecule has 1 aromatic heterocycles. The highest BCUT2D eigenvalue weighted by Crippen LogP contribution is 2.23. The summed E-state index contributed by atoms with van der Waals surface area (Å²) in [6.07, 6.45) is 1.86. The van der Waals surface area contributed by atoms with Gasteiger partial charge in [0.2, 0.25) is 11.7 Å². The van der Waals surface area contributed by atoms with E-state index in [9.17, 15) is 0 Å². The summed E-state index contributed by atoms with van der Waals surface area (Å²) in [5, 5.41) is 3.99. The number of rotatable bonds is 7. The van der Waals surface area contributed by atoms with Gasteiger partial charge in [-0.25, -0.2) is 0 Å². The molecular formula is C12H23N3O2. The van der Waals surface area contributed by atoms with Crippen LogP contribution in [0.3, 0.4) is 0 Å². The van der Waals surface area contributed by atoms with Gasteiger partial charge in [0.1, 0.15) is 6.10 Å². The molecule has 0 bridgehead atoms. The Morgan fingerprint density at radius 1 is 1.35 bits per heavy atom. The first-order valence-electron chi connectivity index (χ1n) is 6.30. The van der Waals surface area contributed by atoms with Gasteiger partial charge < -0.3 is 15.0 Å². The van der Waals surface area contributed by atoms with E-state index in [0.29, 0.717) is 18.3 Å². The maximum absolute atomic E-state index is 5.81. The molecule has 1 heterocycles. The molecular weight excluding hydrogens is 218 g/mol. The standard InChI is InChI=1S/C12H23N3O2/c1-5-7-10(16-6-2)11-14-12(17-15-11)8(3)9(4)13/h8-10H,5-7,13H2,1-4H3. The SMILES string of the molecule is CCCC(OCC)c1noc(C(C)C(C)N)n1. The van der Waals surface area contributed by atoms with Crippen molar-refractivity contribution in [2.75, 3.05) is 6.61 Å². The smallest absolute Gasteiger partial charge is 0.231 e. The molecule has 0 radical (unpaired) electrons. The summed E-state index contributed by atoms with van der Waals surface area (Å²) in [5.74, 6) is 1.30. The van der Waals surface area contributed by atoms with Gasteiger partial charge in [-0.1, -0.05) is 25.4 Å². The number of hydrogen-bond donors (Lipinski definition) is 1. The topological polar surface area (TPSA) is 74.2 Å². The number of aromatic nitrogens is 2. The third kappa shape index (κ3) is 3.78. The third-order valence-electron chi connectivity index (χ3n) is 2.84. The zero-order valence-electron chi connectivity index (χ0n) is 11.1. The lowest BCUT2D eigenvalue weighted by Gasteiger charge is -2.12. The summed E-state index contributed by atoms with van der Waals surface area (Å²) in [7, 11) is 0. The molecule has 3 unspecified atom stereocenters. The molecule has 1 rings (SSSR count). The van der Waals surface area contributed by atoms with Crippen LogP contribution >= 0.6 is 0 Å². The summed E-state index contributed by atoms with van der Waals surface area (Å²) in [6, 6.07) is 0.0000173. The average molecular weight is 241 g/mol. The van der Waals surface area contributed by atoms with Crippen molar-refractivity contribution >= 4 is 0 Å². The molecule has 0 aliphatic carbocycles. The first kappa shape index (κ1) is 14.1. The number of nitrogens with two attached hydrogens (primary N) is 1. The van der Waals surface area contributed by atoms with Crippen LogP contribution in [0.4, 0.5) is 0 Å². The van der Waals surface area contributed by atoms with Crippen LogP contribution in [0.1, 0.15) is 64.3 Å². The second kappa shape index (κ2) is 6.71. The molecule has 3 atom stereocenters. The van der Waals surface area contributed by atoms with Crippen molar-refractivity contribution in [2.24, 2.45) is 5.73 Å². The molecule has 2 N–H and O–H groups in total. The second-order valence-corrected chi connectivity index (χ2v) is 4.37. The lowest BCUT2D eigenvalue weighted by Crippen LogP contribution is -2.22. The Morgan fingerprint density at radius 2 is 2.06 bits per heavy atom. The Bertz CT molecular complexity index is 319. The highest BCUT2D eigenvalue weighted by molar-refractivity contribution is 4.98. The normalized spacial score (nSPS) is 16.8. The van der Waals surface area contributed by atoms with Gasteiger partial charge >= 0.3 is 0 Å². The summed E-state index contributed by atoms with van der Waals surface area (Å²) in [4.78, 5) is 4.39. The molecule has 0 spiro atoms. The zero-order chi connectivity index (χ0) is 12.8. The van der Waals surface area contributed by atoms with E-state index in [1.54, 1.807) is 0 Å². The molecule has 98 valence electrons. The first-order chi connectivity index (χ1) is 8.10. The van der Waals surface area contributed by atoms with Crippen molar-refractivity contribution in [1.82, 2.24) is 10.1 Å². The van der Waals surface area contributed by atoms with Gasteiger partial charge in [-0.15, -0.1) is 0 Å². The molecule has 0 amide bonds. The van der Waals surface area contributed by atoms with Crippen LogP contribution in [0, 0.1) is 0 Å². The molecule has 17 heavy (non-hydrogen) atoms. The number of nitrogens with zero attached hydrogens (tertiary/aromatic N) is 2. The molecule has 5 nitrogen and oxygen atoms in total. The Labute approximate surface area is 103 Å². The van der Waals surface area contributed by atoms with Crippen molar-refractivity contribution in [2.45, 2.75) is 58.6 Å². The van der Waals surface area contributed by atoms with Gasteiger partial charge in [0.25, 0.3) is 0 Å². The van der Waals surface area contributed by atoms with Crippen LogP contribution in [-0.2, 0) is 4.74 Å². The minimum Gasteiger partial charge on any atom is -0.370 e. The lowest BCUT2D eigenvalue weighted by molar-refractivity contribution is 0.0477. The van der Waals surface area contributed by atoms with Crippen molar-refractivity contribution in [3.05, 3.63) is 11.7 Å². The van der Waals surface area contributed by atoms with Crippen LogP contribution < -0.4 is 5.73 Å². The van der Waals surface area contributed by atoms with E-state index in [1.165, 1.54) is 0 Å². The monoisotopic (exact) mass is 241 g/mol. The van der Waals surface area contributed by atoms with Gasteiger partial charge in [-0.05, 0) is 20.3 Å². The highest BCUT2D eigenvalue weighted by atomic mass is 16.5. The Balaban J connectivity index is 2.76. The van der Waals surface area contributed by atoms with Crippen molar-refractivity contribution in [1.29, 1.82) is 0 Å². The lowest BCUT2D eigenvalue weighted by atomic mass is 10.1. The summed E-state index contributed by atoms with van der Waals surface area (Å²) in [6.45, 7) is 8.64. The van der Waals surface area contributed by atoms with Crippen LogP contribution in [0.2, 0.25) is 0 Å². The van der Waals surface area contributed by atoms with Crippen LogP contribution in [0.25, 0.3) is 0 Å². The fourth-order valence-corrected chi connectivity index (χ4v) is 1.54. The van der Waals surface area contributed by atoms with Gasteiger partial charge in [-0.3, -0.25) is 0 Å². The van der Waals surface area contributed by atoms with E-state index in [0.717, 1.165) is 12.8 Å². The Kier molecular flexibility index (Phi) is 5.58. The van der Waals surface area contributed by atoms with Crippen molar-refractivity contribution in [3.63, 3.8) is 0 Å². The molecule has 1 aromatic rings. The Hall–Kier alpha value is -0.940. The summed E-state index contributed by atoms with van der Waals surface area (Å²) < 4.78 is 10.8. The average Bonchev–Trinajstić information content (AvgIpc) is 2.76. The van der Waals surface area contributed by atoms with Crippen LogP contribution in [0.15, 0.2) is 4.52 Å². The molecule has 0 fully saturated rings. The number of ether oxygens (including phenoxy) is 1. The van der Waals surface area contributed by atoms with E-state index in [2.05, 4.69) is 17.1 Å². The van der Waals surface area contributed by atoms with Gasteiger partial charge in [-0.2, -0.15) is 4.98 Å². The zero-order valence-corrected chi connectivity index (χ0v) is 11.1. The maximum Gasteiger partial charge on any atom is 0.231 e. The minimum absolute atomic E-state index is 0.0000173. The van der Waals surface area contributed by atoms with E-state index in [1.807, 2.05) is 20.8 Å². The van der Waals surface area contributed by atoms with Gasteiger partial charge in [0.15, 0.2) is 0 Å². The molecule has 0 aliphatic heterocycles. The summed E-state index contributed by atoms with van der Waals surface area (Å²) >= 11 is 0. The predicted octanol–water partition coefficient (Wildman–Crippen LogP) is 2.40. The van der Waals surface area contributed by atoms with E-state index >= 15 is 0 Å². The van der Waals surface area contributed by atoms with Crippen LogP contribution in [0.5, 0.6) is 0 Å². The van der Waals surface area contributed by atoms with Gasteiger partial charge in [0, 0.05) is 12.6 Å². The number of hydrogen-bond acceptors (Lipinski definition) is 5. The molecule has 0 saturated heterocycles. The molecule has 0 aromatic carbocycles. The highest BCUT2D eigenvalue weighted by Gasteiger charge is 2.22.